The van der Waals surface area contributed by atoms with Crippen LogP contribution in [-0.2, 0) is 14.3 Å². The van der Waals surface area contributed by atoms with E-state index in [1.54, 1.807) is 0 Å². The highest BCUT2D eigenvalue weighted by Crippen LogP contribution is 2.19. The van der Waals surface area contributed by atoms with Gasteiger partial charge >= 0.3 is 11.9 Å². The number of rotatable bonds is 37. The number of carbonyl (C=O) groups is 2. The van der Waals surface area contributed by atoms with Gasteiger partial charge in [0.1, 0.15) is 6.10 Å². The van der Waals surface area contributed by atoms with Crippen molar-refractivity contribution in [1.82, 2.24) is 0 Å². The first-order valence-electron chi connectivity index (χ1n) is 20.0. The number of ether oxygens (including phenoxy) is 1. The monoisotopic (exact) mass is 623 g/mol. The minimum atomic E-state index is -0.719. The summed E-state index contributed by atoms with van der Waals surface area (Å²) in [5.74, 6) is -0.743. The van der Waals surface area contributed by atoms with Crippen molar-refractivity contribution in [2.75, 3.05) is 0 Å². The number of esters is 1. The second-order valence-electron chi connectivity index (χ2n) is 13.8. The Morgan fingerprint density at radius 3 is 1.02 bits per heavy atom. The van der Waals surface area contributed by atoms with Crippen LogP contribution < -0.4 is 0 Å². The summed E-state index contributed by atoms with van der Waals surface area (Å²) >= 11 is 0. The van der Waals surface area contributed by atoms with Crippen LogP contribution in [0.25, 0.3) is 0 Å². The van der Waals surface area contributed by atoms with Crippen LogP contribution in [0, 0.1) is 0 Å². The average Bonchev–Trinajstić information content (AvgIpc) is 3.00. The summed E-state index contributed by atoms with van der Waals surface area (Å²) in [6.45, 7) is 4.56. The molecule has 0 aliphatic heterocycles. The zero-order valence-corrected chi connectivity index (χ0v) is 30.0. The zero-order chi connectivity index (χ0) is 32.2. The van der Waals surface area contributed by atoms with Crippen LogP contribution in [-0.4, -0.2) is 23.1 Å². The molecule has 0 amide bonds. The molecule has 0 rings (SSSR count). The van der Waals surface area contributed by atoms with Crippen LogP contribution in [0.15, 0.2) is 0 Å². The third-order valence-electron chi connectivity index (χ3n) is 9.33. The second kappa shape index (κ2) is 36.4. The average molecular weight is 623 g/mol. The van der Waals surface area contributed by atoms with E-state index in [1.807, 2.05) is 0 Å². The molecule has 1 N–H and O–H groups in total. The van der Waals surface area contributed by atoms with Crippen molar-refractivity contribution >= 4 is 11.9 Å². The molecule has 0 aliphatic carbocycles. The Bertz CT molecular complexity index is 590. The first-order chi connectivity index (χ1) is 21.6. The normalized spacial score (nSPS) is 12.0. The second-order valence-corrected chi connectivity index (χ2v) is 13.8. The van der Waals surface area contributed by atoms with Crippen LogP contribution in [0.5, 0.6) is 0 Å². The third kappa shape index (κ3) is 35.4. The van der Waals surface area contributed by atoms with Crippen LogP contribution >= 0.6 is 0 Å². The molecular formula is C40H78O4. The molecule has 1 atom stereocenters. The number of aliphatic carboxylic acids is 1. The Labute approximate surface area is 275 Å². The van der Waals surface area contributed by atoms with E-state index < -0.39 is 5.97 Å². The summed E-state index contributed by atoms with van der Waals surface area (Å²) in [5, 5.41) is 8.88. The van der Waals surface area contributed by atoms with Gasteiger partial charge < -0.3 is 9.84 Å². The van der Waals surface area contributed by atoms with E-state index in [2.05, 4.69) is 13.8 Å². The van der Waals surface area contributed by atoms with Gasteiger partial charge in [-0.2, -0.15) is 0 Å². The number of carboxylic acids is 1. The Balaban J connectivity index is 3.84. The van der Waals surface area contributed by atoms with E-state index in [-0.39, 0.29) is 18.5 Å². The lowest BCUT2D eigenvalue weighted by atomic mass is 10.0. The highest BCUT2D eigenvalue weighted by Gasteiger charge is 2.14. The van der Waals surface area contributed by atoms with E-state index in [0.717, 1.165) is 44.9 Å². The van der Waals surface area contributed by atoms with E-state index in [4.69, 9.17) is 9.84 Å². The maximum Gasteiger partial charge on any atom is 0.306 e. The molecule has 4 nitrogen and oxygen atoms in total. The van der Waals surface area contributed by atoms with Crippen LogP contribution in [0.3, 0.4) is 0 Å². The molecule has 0 saturated carbocycles. The molecule has 0 radical (unpaired) electrons. The fraction of sp³-hybridized carbons (Fsp3) is 0.950. The van der Waals surface area contributed by atoms with Gasteiger partial charge in [0, 0.05) is 12.8 Å². The van der Waals surface area contributed by atoms with Crippen molar-refractivity contribution in [3.8, 4) is 0 Å². The number of hydrogen-bond acceptors (Lipinski definition) is 3. The summed E-state index contributed by atoms with van der Waals surface area (Å²) in [6.07, 6.45) is 42.6. The van der Waals surface area contributed by atoms with E-state index in [1.165, 1.54) is 161 Å². The van der Waals surface area contributed by atoms with Gasteiger partial charge in [-0.25, -0.2) is 0 Å². The first-order valence-corrected chi connectivity index (χ1v) is 20.0. The largest absolute Gasteiger partial charge is 0.481 e. The summed E-state index contributed by atoms with van der Waals surface area (Å²) < 4.78 is 5.94. The van der Waals surface area contributed by atoms with Gasteiger partial charge in [-0.1, -0.05) is 187 Å². The predicted molar refractivity (Wildman–Crippen MR) is 190 cm³/mol. The van der Waals surface area contributed by atoms with Crippen molar-refractivity contribution in [2.45, 2.75) is 245 Å². The molecule has 4 heteroatoms. The quantitative estimate of drug-likeness (QED) is 0.0553. The number of carbonyl (C=O) groups excluding carboxylic acids is 1. The SMILES string of the molecule is CCCCCCCCCCCCCCCCCCCC(=O)OC(CCCCCCCCCCCCC)CCCCCC(=O)O. The molecule has 0 aliphatic rings. The van der Waals surface area contributed by atoms with Crippen LogP contribution in [0.2, 0.25) is 0 Å². The molecule has 0 fully saturated rings. The maximum absolute atomic E-state index is 12.6. The zero-order valence-electron chi connectivity index (χ0n) is 30.0. The van der Waals surface area contributed by atoms with Gasteiger partial charge in [-0.05, 0) is 38.5 Å². The van der Waals surface area contributed by atoms with Crippen molar-refractivity contribution in [3.63, 3.8) is 0 Å². The lowest BCUT2D eigenvalue weighted by molar-refractivity contribution is -0.150. The van der Waals surface area contributed by atoms with Crippen LogP contribution in [0.4, 0.5) is 0 Å². The highest BCUT2D eigenvalue weighted by molar-refractivity contribution is 5.69. The fourth-order valence-electron chi connectivity index (χ4n) is 6.36. The number of unbranched alkanes of at least 4 members (excludes halogenated alkanes) is 28. The standard InChI is InChI=1S/C40H78O4/c1-3-5-7-9-11-13-15-16-17-18-19-20-22-24-26-28-33-37-40(43)44-38(35-31-29-32-36-39(41)42)34-30-27-25-23-21-14-12-10-8-6-4-2/h38H,3-37H2,1-2H3,(H,41,42). The summed E-state index contributed by atoms with van der Waals surface area (Å²) in [6, 6.07) is 0. The minimum Gasteiger partial charge on any atom is -0.481 e. The van der Waals surface area contributed by atoms with E-state index in [0.29, 0.717) is 12.8 Å². The topological polar surface area (TPSA) is 63.6 Å². The molecule has 44 heavy (non-hydrogen) atoms. The molecule has 0 aromatic rings. The summed E-state index contributed by atoms with van der Waals surface area (Å²) in [7, 11) is 0. The molecule has 0 aromatic carbocycles. The van der Waals surface area contributed by atoms with Crippen molar-refractivity contribution in [1.29, 1.82) is 0 Å². The third-order valence-corrected chi connectivity index (χ3v) is 9.33. The van der Waals surface area contributed by atoms with Crippen molar-refractivity contribution < 1.29 is 19.4 Å². The molecule has 0 saturated heterocycles. The van der Waals surface area contributed by atoms with Crippen molar-refractivity contribution in [2.24, 2.45) is 0 Å². The Morgan fingerprint density at radius 1 is 0.409 bits per heavy atom. The molecule has 0 spiro atoms. The fourth-order valence-corrected chi connectivity index (χ4v) is 6.36. The predicted octanol–water partition coefficient (Wildman–Crippen LogP) is 13.7. The van der Waals surface area contributed by atoms with E-state index >= 15 is 0 Å². The Morgan fingerprint density at radius 2 is 0.682 bits per heavy atom. The van der Waals surface area contributed by atoms with Gasteiger partial charge in [-0.15, -0.1) is 0 Å². The van der Waals surface area contributed by atoms with Gasteiger partial charge in [0.2, 0.25) is 0 Å². The lowest BCUT2D eigenvalue weighted by Gasteiger charge is -2.18. The molecule has 0 aromatic heterocycles. The van der Waals surface area contributed by atoms with Crippen LogP contribution in [0.1, 0.15) is 239 Å². The van der Waals surface area contributed by atoms with Gasteiger partial charge in [-0.3, -0.25) is 9.59 Å². The molecule has 262 valence electrons. The van der Waals surface area contributed by atoms with Crippen molar-refractivity contribution in [3.05, 3.63) is 0 Å². The summed E-state index contributed by atoms with van der Waals surface area (Å²) in [5.41, 5.74) is 0. The Hall–Kier alpha value is -1.06. The number of carboxylic acid groups (broad SMARTS) is 1. The first kappa shape index (κ1) is 42.9. The minimum absolute atomic E-state index is 0.0108. The van der Waals surface area contributed by atoms with Gasteiger partial charge in [0.15, 0.2) is 0 Å². The Kier molecular flexibility index (Phi) is 35.5. The maximum atomic E-state index is 12.6. The summed E-state index contributed by atoms with van der Waals surface area (Å²) in [4.78, 5) is 23.4. The lowest BCUT2D eigenvalue weighted by Crippen LogP contribution is -2.18. The van der Waals surface area contributed by atoms with Gasteiger partial charge in [0.25, 0.3) is 0 Å². The van der Waals surface area contributed by atoms with Gasteiger partial charge in [0.05, 0.1) is 0 Å². The molecule has 0 bridgehead atoms. The molecular weight excluding hydrogens is 544 g/mol. The smallest absolute Gasteiger partial charge is 0.306 e. The highest BCUT2D eigenvalue weighted by atomic mass is 16.5. The number of hydrogen-bond donors (Lipinski definition) is 1. The molecule has 1 unspecified atom stereocenters. The molecule has 0 heterocycles. The van der Waals surface area contributed by atoms with E-state index in [9.17, 15) is 9.59 Å².